The van der Waals surface area contributed by atoms with Crippen molar-refractivity contribution in [1.29, 1.82) is 0 Å². The molecule has 0 amide bonds. The minimum absolute atomic E-state index is 0.169. The van der Waals surface area contributed by atoms with Gasteiger partial charge in [-0.25, -0.2) is 26.1 Å². The zero-order valence-electron chi connectivity index (χ0n) is 17.3. The van der Waals surface area contributed by atoms with Crippen LogP contribution in [0, 0.1) is 0 Å². The van der Waals surface area contributed by atoms with Crippen molar-refractivity contribution in [2.45, 2.75) is 14.8 Å². The van der Waals surface area contributed by atoms with Gasteiger partial charge in [-0.2, -0.15) is 4.31 Å². The summed E-state index contributed by atoms with van der Waals surface area (Å²) < 4.78 is 62.7. The summed E-state index contributed by atoms with van der Waals surface area (Å²) in [4.78, 5) is 4.61. The molecule has 2 aromatic rings. The van der Waals surface area contributed by atoms with Crippen molar-refractivity contribution in [3.63, 3.8) is 0 Å². The third-order valence-corrected chi connectivity index (χ3v) is 9.14. The van der Waals surface area contributed by atoms with Crippen molar-refractivity contribution < 1.29 is 26.3 Å². The lowest BCUT2D eigenvalue weighted by molar-refractivity contribution is 0.0730. The van der Waals surface area contributed by atoms with E-state index < -0.39 is 20.0 Å². The molecule has 31 heavy (non-hydrogen) atoms. The molecule has 0 N–H and O–H groups in total. The summed E-state index contributed by atoms with van der Waals surface area (Å²) in [6, 6.07) is 9.49. The summed E-state index contributed by atoms with van der Waals surface area (Å²) >= 11 is 1.44. The maximum absolute atomic E-state index is 12.6. The molecule has 0 radical (unpaired) electrons. The van der Waals surface area contributed by atoms with Crippen LogP contribution in [-0.2, 0) is 24.8 Å². The second kappa shape index (κ2) is 10.3. The summed E-state index contributed by atoms with van der Waals surface area (Å²) in [6.07, 6.45) is 1.37. The van der Waals surface area contributed by atoms with Gasteiger partial charge in [-0.1, -0.05) is 0 Å². The lowest BCUT2D eigenvalue weighted by atomic mass is 10.3. The van der Waals surface area contributed by atoms with E-state index in [2.05, 4.69) is 4.98 Å². The molecule has 1 saturated heterocycles. The highest BCUT2D eigenvalue weighted by molar-refractivity contribution is 7.99. The van der Waals surface area contributed by atoms with Crippen LogP contribution in [0.4, 0.5) is 0 Å². The fourth-order valence-electron chi connectivity index (χ4n) is 2.77. The molecule has 0 saturated carbocycles. The standard InChI is InChI=1S/C19H25N3O6S3/c1-21(2)30(23,24)17-5-3-16(4-6-17)28-13-14-29-19-8-7-18(15-20-19)31(25,26)22-9-11-27-12-10-22/h3-8,15H,9-14H2,1-2H3. The Labute approximate surface area is 187 Å². The van der Waals surface area contributed by atoms with E-state index in [1.807, 2.05) is 0 Å². The maximum Gasteiger partial charge on any atom is 0.244 e. The molecule has 12 heteroatoms. The van der Waals surface area contributed by atoms with Crippen LogP contribution in [0.25, 0.3) is 0 Å². The highest BCUT2D eigenvalue weighted by Crippen LogP contribution is 2.22. The predicted octanol–water partition coefficient (Wildman–Crippen LogP) is 1.52. The molecule has 0 bridgehead atoms. The fraction of sp³-hybridized carbons (Fsp3) is 0.421. The molecule has 1 aromatic carbocycles. The van der Waals surface area contributed by atoms with Gasteiger partial charge in [0.05, 0.1) is 29.7 Å². The normalized spacial score (nSPS) is 15.8. The van der Waals surface area contributed by atoms with E-state index in [0.717, 1.165) is 4.31 Å². The number of aromatic nitrogens is 1. The number of ether oxygens (including phenoxy) is 2. The van der Waals surface area contributed by atoms with Crippen LogP contribution in [-0.4, -0.2) is 83.2 Å². The minimum Gasteiger partial charge on any atom is -0.493 e. The summed E-state index contributed by atoms with van der Waals surface area (Å²) in [5.41, 5.74) is 0. The Morgan fingerprint density at radius 3 is 2.26 bits per heavy atom. The summed E-state index contributed by atoms with van der Waals surface area (Å²) in [5.74, 6) is 1.17. The molecule has 0 spiro atoms. The number of thioether (sulfide) groups is 1. The Balaban J connectivity index is 1.49. The molecule has 3 rings (SSSR count). The van der Waals surface area contributed by atoms with Crippen LogP contribution in [0.15, 0.2) is 57.4 Å². The smallest absolute Gasteiger partial charge is 0.244 e. The van der Waals surface area contributed by atoms with E-state index in [1.165, 1.54) is 48.5 Å². The molecule has 0 unspecified atom stereocenters. The summed E-state index contributed by atoms with van der Waals surface area (Å²) in [7, 11) is -4.05. The van der Waals surface area contributed by atoms with Crippen molar-refractivity contribution in [2.24, 2.45) is 0 Å². The number of pyridine rings is 1. The SMILES string of the molecule is CN(C)S(=O)(=O)c1ccc(OCCSc2ccc(S(=O)(=O)N3CCOCC3)cn2)cc1. The molecular formula is C19H25N3O6S3. The molecule has 1 aromatic heterocycles. The molecule has 2 heterocycles. The summed E-state index contributed by atoms with van der Waals surface area (Å²) in [5, 5.41) is 0.692. The number of nitrogens with zero attached hydrogens (tertiary/aromatic N) is 3. The van der Waals surface area contributed by atoms with Crippen molar-refractivity contribution in [1.82, 2.24) is 13.6 Å². The molecule has 170 valence electrons. The first kappa shape index (κ1) is 24.0. The van der Waals surface area contributed by atoms with Crippen molar-refractivity contribution in [2.75, 3.05) is 52.8 Å². The Kier molecular flexibility index (Phi) is 7.94. The lowest BCUT2D eigenvalue weighted by Gasteiger charge is -2.25. The monoisotopic (exact) mass is 487 g/mol. The number of hydrogen-bond donors (Lipinski definition) is 0. The number of morpholine rings is 1. The molecule has 1 fully saturated rings. The average Bonchev–Trinajstić information content (AvgIpc) is 2.78. The molecule has 0 aliphatic carbocycles. The third kappa shape index (κ3) is 5.96. The van der Waals surface area contributed by atoms with Gasteiger partial charge >= 0.3 is 0 Å². The largest absolute Gasteiger partial charge is 0.493 e. The van der Waals surface area contributed by atoms with Gasteiger partial charge in [-0.15, -0.1) is 11.8 Å². The van der Waals surface area contributed by atoms with Gasteiger partial charge < -0.3 is 9.47 Å². The maximum atomic E-state index is 12.6. The number of benzene rings is 1. The highest BCUT2D eigenvalue weighted by Gasteiger charge is 2.26. The van der Waals surface area contributed by atoms with Crippen LogP contribution in [0.5, 0.6) is 5.75 Å². The first-order valence-electron chi connectivity index (χ1n) is 9.53. The van der Waals surface area contributed by atoms with Gasteiger partial charge in [0.2, 0.25) is 20.0 Å². The second-order valence-electron chi connectivity index (χ2n) is 6.80. The zero-order chi connectivity index (χ0) is 22.5. The van der Waals surface area contributed by atoms with E-state index >= 15 is 0 Å². The quantitative estimate of drug-likeness (QED) is 0.387. The molecule has 0 atom stereocenters. The zero-order valence-corrected chi connectivity index (χ0v) is 19.7. The number of rotatable bonds is 9. The van der Waals surface area contributed by atoms with Crippen LogP contribution >= 0.6 is 11.8 Å². The summed E-state index contributed by atoms with van der Waals surface area (Å²) in [6.45, 7) is 1.87. The Hall–Kier alpha value is -1.70. The fourth-order valence-corrected chi connectivity index (χ4v) is 5.69. The van der Waals surface area contributed by atoms with Crippen LogP contribution in [0.2, 0.25) is 0 Å². The Bertz CT molecular complexity index is 1070. The number of sulfonamides is 2. The topological polar surface area (TPSA) is 106 Å². The van der Waals surface area contributed by atoms with E-state index in [0.29, 0.717) is 49.4 Å². The van der Waals surface area contributed by atoms with E-state index in [4.69, 9.17) is 9.47 Å². The number of hydrogen-bond acceptors (Lipinski definition) is 8. The average molecular weight is 488 g/mol. The van der Waals surface area contributed by atoms with Gasteiger partial charge in [-0.3, -0.25) is 0 Å². The van der Waals surface area contributed by atoms with Crippen LogP contribution in [0.3, 0.4) is 0 Å². The van der Waals surface area contributed by atoms with Gasteiger partial charge in [0.15, 0.2) is 0 Å². The van der Waals surface area contributed by atoms with Crippen molar-refractivity contribution in [3.8, 4) is 5.75 Å². The van der Waals surface area contributed by atoms with Gasteiger partial charge in [-0.05, 0) is 36.4 Å². The second-order valence-corrected chi connectivity index (χ2v) is 12.0. The van der Waals surface area contributed by atoms with E-state index in [-0.39, 0.29) is 9.79 Å². The van der Waals surface area contributed by atoms with Crippen LogP contribution < -0.4 is 4.74 Å². The van der Waals surface area contributed by atoms with Crippen molar-refractivity contribution >= 4 is 31.8 Å². The van der Waals surface area contributed by atoms with Gasteiger partial charge in [0.25, 0.3) is 0 Å². The van der Waals surface area contributed by atoms with Crippen LogP contribution in [0.1, 0.15) is 0 Å². The Morgan fingerprint density at radius 1 is 1.03 bits per heavy atom. The molecule has 1 aliphatic heterocycles. The molecule has 9 nitrogen and oxygen atoms in total. The molecular weight excluding hydrogens is 462 g/mol. The minimum atomic E-state index is -3.55. The van der Waals surface area contributed by atoms with Gasteiger partial charge in [0.1, 0.15) is 10.6 Å². The van der Waals surface area contributed by atoms with E-state index in [1.54, 1.807) is 24.3 Å². The lowest BCUT2D eigenvalue weighted by Crippen LogP contribution is -2.40. The first-order chi connectivity index (χ1) is 14.7. The first-order valence-corrected chi connectivity index (χ1v) is 13.4. The van der Waals surface area contributed by atoms with Gasteiger partial charge in [0, 0.05) is 39.1 Å². The van der Waals surface area contributed by atoms with Crippen molar-refractivity contribution in [3.05, 3.63) is 42.6 Å². The predicted molar refractivity (Wildman–Crippen MR) is 117 cm³/mol. The highest BCUT2D eigenvalue weighted by atomic mass is 32.2. The van der Waals surface area contributed by atoms with E-state index in [9.17, 15) is 16.8 Å². The molecule has 1 aliphatic rings. The third-order valence-electron chi connectivity index (χ3n) is 4.52. The Morgan fingerprint density at radius 2 is 1.68 bits per heavy atom.